The zero-order valence-electron chi connectivity index (χ0n) is 10.8. The first-order valence-corrected chi connectivity index (χ1v) is 5.94. The number of anilines is 1. The van der Waals surface area contributed by atoms with E-state index in [0.717, 1.165) is 0 Å². The van der Waals surface area contributed by atoms with Crippen LogP contribution < -0.4 is 14.8 Å². The molecule has 19 heavy (non-hydrogen) atoms. The highest BCUT2D eigenvalue weighted by Crippen LogP contribution is 2.34. The molecule has 0 bridgehead atoms. The lowest BCUT2D eigenvalue weighted by Crippen LogP contribution is -2.30. The lowest BCUT2D eigenvalue weighted by atomic mass is 10.1. The molecule has 1 aromatic rings. The predicted octanol–water partition coefficient (Wildman–Crippen LogP) is 1.55. The van der Waals surface area contributed by atoms with Crippen molar-refractivity contribution < 1.29 is 23.8 Å². The average molecular weight is 265 g/mol. The number of hydrogen-bond donors (Lipinski definition) is 1. The van der Waals surface area contributed by atoms with E-state index < -0.39 is 17.8 Å². The van der Waals surface area contributed by atoms with E-state index in [1.807, 2.05) is 0 Å². The highest BCUT2D eigenvalue weighted by molar-refractivity contribution is 6.04. The van der Waals surface area contributed by atoms with Crippen LogP contribution in [0.25, 0.3) is 0 Å². The van der Waals surface area contributed by atoms with Gasteiger partial charge in [0, 0.05) is 11.8 Å². The number of amides is 1. The molecule has 0 aliphatic carbocycles. The first kappa shape index (κ1) is 13.2. The summed E-state index contributed by atoms with van der Waals surface area (Å²) >= 11 is 0. The molecule has 1 N–H and O–H groups in total. The molecule has 0 fully saturated rings. The topological polar surface area (TPSA) is 73.9 Å². The molecule has 1 heterocycles. The Morgan fingerprint density at radius 2 is 2.11 bits per heavy atom. The second kappa shape index (κ2) is 5.60. The van der Waals surface area contributed by atoms with E-state index in [9.17, 15) is 9.59 Å². The van der Waals surface area contributed by atoms with Crippen molar-refractivity contribution in [2.24, 2.45) is 5.92 Å². The number of fused-ring (bicyclic) bond motifs is 1. The van der Waals surface area contributed by atoms with Crippen LogP contribution in [0.4, 0.5) is 5.69 Å². The van der Waals surface area contributed by atoms with Crippen LogP contribution in [0.3, 0.4) is 0 Å². The Bertz CT molecular complexity index is 500. The number of ether oxygens (including phenoxy) is 3. The highest BCUT2D eigenvalue weighted by Gasteiger charge is 2.26. The van der Waals surface area contributed by atoms with E-state index in [1.54, 1.807) is 25.1 Å². The molecule has 0 saturated carbocycles. The Morgan fingerprint density at radius 1 is 1.37 bits per heavy atom. The molecule has 0 aromatic heterocycles. The van der Waals surface area contributed by atoms with Crippen molar-refractivity contribution in [2.45, 2.75) is 13.3 Å². The van der Waals surface area contributed by atoms with Crippen molar-refractivity contribution in [3.05, 3.63) is 18.2 Å². The van der Waals surface area contributed by atoms with Gasteiger partial charge in [-0.1, -0.05) is 6.92 Å². The van der Waals surface area contributed by atoms with Gasteiger partial charge in [-0.15, -0.1) is 0 Å². The number of carbonyl (C=O) groups excluding carboxylic acids is 2. The molecule has 1 atom stereocenters. The van der Waals surface area contributed by atoms with Gasteiger partial charge < -0.3 is 19.5 Å². The van der Waals surface area contributed by atoms with Crippen LogP contribution in [0.1, 0.15) is 13.3 Å². The van der Waals surface area contributed by atoms with Crippen LogP contribution in [-0.4, -0.2) is 25.8 Å². The van der Waals surface area contributed by atoms with Gasteiger partial charge in [0.1, 0.15) is 5.92 Å². The molecule has 2 rings (SSSR count). The van der Waals surface area contributed by atoms with Crippen molar-refractivity contribution in [2.75, 3.05) is 19.2 Å². The fraction of sp³-hybridized carbons (Fsp3) is 0.385. The molecular formula is C13H15NO5. The van der Waals surface area contributed by atoms with E-state index in [-0.39, 0.29) is 6.79 Å². The zero-order valence-corrected chi connectivity index (χ0v) is 10.8. The molecule has 1 unspecified atom stereocenters. The summed E-state index contributed by atoms with van der Waals surface area (Å²) in [7, 11) is 1.26. The minimum atomic E-state index is -0.810. The zero-order chi connectivity index (χ0) is 13.8. The average Bonchev–Trinajstić information content (AvgIpc) is 2.86. The van der Waals surface area contributed by atoms with Gasteiger partial charge in [-0.3, -0.25) is 9.59 Å². The van der Waals surface area contributed by atoms with E-state index in [2.05, 4.69) is 10.1 Å². The minimum absolute atomic E-state index is 0.173. The Balaban J connectivity index is 2.08. The van der Waals surface area contributed by atoms with Crippen molar-refractivity contribution in [3.8, 4) is 11.5 Å². The van der Waals surface area contributed by atoms with Gasteiger partial charge in [-0.25, -0.2) is 0 Å². The number of methoxy groups -OCH3 is 1. The third-order valence-electron chi connectivity index (χ3n) is 2.85. The van der Waals surface area contributed by atoms with E-state index in [1.165, 1.54) is 7.11 Å². The van der Waals surface area contributed by atoms with Crippen molar-refractivity contribution in [3.63, 3.8) is 0 Å². The van der Waals surface area contributed by atoms with Gasteiger partial charge in [-0.2, -0.15) is 0 Å². The largest absolute Gasteiger partial charge is 0.468 e. The summed E-state index contributed by atoms with van der Waals surface area (Å²) in [4.78, 5) is 23.4. The number of rotatable bonds is 4. The molecule has 6 nitrogen and oxygen atoms in total. The molecule has 102 valence electrons. The first-order chi connectivity index (χ1) is 9.15. The van der Waals surface area contributed by atoms with Crippen molar-refractivity contribution in [1.29, 1.82) is 0 Å². The van der Waals surface area contributed by atoms with Gasteiger partial charge >= 0.3 is 5.97 Å². The Morgan fingerprint density at radius 3 is 2.79 bits per heavy atom. The van der Waals surface area contributed by atoms with E-state index in [0.29, 0.717) is 23.6 Å². The normalized spacial score (nSPS) is 13.8. The molecule has 1 aromatic carbocycles. The third-order valence-corrected chi connectivity index (χ3v) is 2.85. The number of benzene rings is 1. The number of carbonyl (C=O) groups is 2. The van der Waals surface area contributed by atoms with Crippen LogP contribution in [-0.2, 0) is 14.3 Å². The summed E-state index contributed by atoms with van der Waals surface area (Å²) in [6, 6.07) is 5.05. The molecule has 1 aliphatic rings. The molecule has 1 aliphatic heterocycles. The quantitative estimate of drug-likeness (QED) is 0.660. The van der Waals surface area contributed by atoms with E-state index in [4.69, 9.17) is 9.47 Å². The maximum Gasteiger partial charge on any atom is 0.318 e. The summed E-state index contributed by atoms with van der Waals surface area (Å²) in [6.45, 7) is 1.92. The highest BCUT2D eigenvalue weighted by atomic mass is 16.7. The summed E-state index contributed by atoms with van der Waals surface area (Å²) in [5.74, 6) is -0.536. The number of nitrogens with one attached hydrogen (secondary N) is 1. The fourth-order valence-electron chi connectivity index (χ4n) is 1.81. The second-order valence-corrected chi connectivity index (χ2v) is 4.04. The first-order valence-electron chi connectivity index (χ1n) is 5.94. The predicted molar refractivity (Wildman–Crippen MR) is 67.0 cm³/mol. The minimum Gasteiger partial charge on any atom is -0.468 e. The Labute approximate surface area is 110 Å². The van der Waals surface area contributed by atoms with Gasteiger partial charge in [0.05, 0.1) is 7.11 Å². The maximum atomic E-state index is 12.0. The smallest absolute Gasteiger partial charge is 0.318 e. The lowest BCUT2D eigenvalue weighted by molar-refractivity contribution is -0.148. The van der Waals surface area contributed by atoms with Crippen molar-refractivity contribution >= 4 is 17.6 Å². The summed E-state index contributed by atoms with van der Waals surface area (Å²) in [5, 5.41) is 2.66. The molecular weight excluding hydrogens is 250 g/mol. The lowest BCUT2D eigenvalue weighted by Gasteiger charge is -2.12. The van der Waals surface area contributed by atoms with Crippen LogP contribution in [0.2, 0.25) is 0 Å². The molecule has 0 saturated heterocycles. The standard InChI is InChI=1S/C13H15NO5/c1-3-9(13(16)17-2)12(15)14-8-4-5-10-11(6-8)19-7-18-10/h4-6,9H,3,7H2,1-2H3,(H,14,15). The van der Waals surface area contributed by atoms with Crippen LogP contribution in [0.15, 0.2) is 18.2 Å². The summed E-state index contributed by atoms with van der Waals surface area (Å²) in [5.41, 5.74) is 0.552. The van der Waals surface area contributed by atoms with Crippen LogP contribution in [0, 0.1) is 5.92 Å². The summed E-state index contributed by atoms with van der Waals surface area (Å²) in [6.07, 6.45) is 0.378. The molecule has 0 spiro atoms. The van der Waals surface area contributed by atoms with Gasteiger partial charge in [-0.05, 0) is 18.6 Å². The van der Waals surface area contributed by atoms with E-state index >= 15 is 0 Å². The number of esters is 1. The second-order valence-electron chi connectivity index (χ2n) is 4.04. The third kappa shape index (κ3) is 2.78. The molecule has 6 heteroatoms. The summed E-state index contributed by atoms with van der Waals surface area (Å²) < 4.78 is 15.0. The number of hydrogen-bond acceptors (Lipinski definition) is 5. The van der Waals surface area contributed by atoms with Gasteiger partial charge in [0.25, 0.3) is 0 Å². The van der Waals surface area contributed by atoms with Crippen LogP contribution in [0.5, 0.6) is 11.5 Å². The fourth-order valence-corrected chi connectivity index (χ4v) is 1.81. The Kier molecular flexibility index (Phi) is 3.89. The molecule has 0 radical (unpaired) electrons. The molecule has 1 amide bonds. The monoisotopic (exact) mass is 265 g/mol. The van der Waals surface area contributed by atoms with Gasteiger partial charge in [0.15, 0.2) is 11.5 Å². The van der Waals surface area contributed by atoms with Crippen LogP contribution >= 0.6 is 0 Å². The SMILES string of the molecule is CCC(C(=O)Nc1ccc2c(c1)OCO2)C(=O)OC. The maximum absolute atomic E-state index is 12.0. The Hall–Kier alpha value is -2.24. The van der Waals surface area contributed by atoms with Crippen molar-refractivity contribution in [1.82, 2.24) is 0 Å². The van der Waals surface area contributed by atoms with Gasteiger partial charge in [0.2, 0.25) is 12.7 Å².